The van der Waals surface area contributed by atoms with Gasteiger partial charge in [-0.2, -0.15) is 0 Å². The fraction of sp³-hybridized carbons (Fsp3) is 1.00. The van der Waals surface area contributed by atoms with Gasteiger partial charge in [-0.05, 0) is 9.32 Å². The molecule has 1 saturated heterocycles. The van der Waals surface area contributed by atoms with Crippen LogP contribution in [-0.2, 0) is 0 Å². The minimum Gasteiger partial charge on any atom is -0.0722 e. The number of rotatable bonds is 2. The van der Waals surface area contributed by atoms with Crippen molar-refractivity contribution < 1.29 is 0 Å². The zero-order chi connectivity index (χ0) is 11.4. The molecule has 0 unspecified atom stereocenters. The van der Waals surface area contributed by atoms with Crippen LogP contribution >= 0.6 is 0 Å². The third kappa shape index (κ3) is 1.28. The van der Waals surface area contributed by atoms with Gasteiger partial charge in [0.15, 0.2) is 0 Å². The molecule has 1 fully saturated rings. The van der Waals surface area contributed by atoms with Crippen molar-refractivity contribution in [2.45, 2.75) is 68.9 Å². The van der Waals surface area contributed by atoms with Crippen LogP contribution in [-0.4, -0.2) is 25.7 Å². The highest BCUT2D eigenvalue weighted by molar-refractivity contribution is 7.09. The van der Waals surface area contributed by atoms with E-state index in [0.717, 1.165) is 9.32 Å². The Morgan fingerprint density at radius 2 is 1.29 bits per heavy atom. The quantitative estimate of drug-likeness (QED) is 0.650. The summed E-state index contributed by atoms with van der Waals surface area (Å²) >= 11 is 0. The molecule has 1 aliphatic rings. The van der Waals surface area contributed by atoms with E-state index < -0.39 is 25.7 Å². The van der Waals surface area contributed by atoms with Gasteiger partial charge in [0.05, 0.1) is 8.07 Å². The molecule has 0 N–H and O–H groups in total. The first-order chi connectivity index (χ1) is 6.09. The summed E-state index contributed by atoms with van der Waals surface area (Å²) in [5, 5.41) is 0.724. The molecule has 0 nitrogen and oxygen atoms in total. The summed E-state index contributed by atoms with van der Waals surface area (Å²) in [5.74, 6) is 0. The largest absolute Gasteiger partial charge is 0.0722 e. The van der Waals surface area contributed by atoms with Crippen LogP contribution in [0.4, 0.5) is 0 Å². The molecule has 1 rings (SSSR count). The molecule has 0 aromatic rings. The lowest BCUT2D eigenvalue weighted by molar-refractivity contribution is 0.480. The van der Waals surface area contributed by atoms with Gasteiger partial charge in [0.25, 0.3) is 0 Å². The first-order valence-electron chi connectivity index (χ1n) is 6.09. The fourth-order valence-corrected chi connectivity index (χ4v) is 28.3. The Kier molecular flexibility index (Phi) is 3.02. The van der Waals surface area contributed by atoms with Gasteiger partial charge >= 0.3 is 0 Å². The van der Waals surface area contributed by atoms with Crippen LogP contribution in [0.15, 0.2) is 0 Å². The lowest BCUT2D eigenvalue weighted by Gasteiger charge is -2.70. The Morgan fingerprint density at radius 3 is 1.36 bits per heavy atom. The molecule has 0 aromatic heterocycles. The maximum absolute atomic E-state index is 2.68. The zero-order valence-electron chi connectivity index (χ0n) is 11.4. The van der Waals surface area contributed by atoms with Gasteiger partial charge < -0.3 is 0 Å². The molecule has 0 amide bonds. The van der Waals surface area contributed by atoms with Crippen molar-refractivity contribution in [2.24, 2.45) is 0 Å². The molecule has 3 heteroatoms. The van der Waals surface area contributed by atoms with Crippen LogP contribution in [0.5, 0.6) is 0 Å². The molecule has 0 atom stereocenters. The number of hydrogen-bond donors (Lipinski definition) is 0. The number of hydrogen-bond acceptors (Lipinski definition) is 0. The van der Waals surface area contributed by atoms with E-state index in [9.17, 15) is 0 Å². The molecule has 84 valence electrons. The average Bonchev–Trinajstić information content (AvgIpc) is 1.98. The molecule has 0 spiro atoms. The molecule has 14 heavy (non-hydrogen) atoms. The Labute approximate surface area is 94.7 Å². The summed E-state index contributed by atoms with van der Waals surface area (Å²) in [6.45, 7) is 20.9. The van der Waals surface area contributed by atoms with Crippen LogP contribution < -0.4 is 0 Å². The van der Waals surface area contributed by atoms with Crippen molar-refractivity contribution in [3.05, 3.63) is 0 Å². The topological polar surface area (TPSA) is 0 Å². The van der Waals surface area contributed by atoms with Gasteiger partial charge in [-0.25, -0.2) is 0 Å². The molecule has 0 aliphatic carbocycles. The summed E-state index contributed by atoms with van der Waals surface area (Å²) in [7, 11) is -1.87. The van der Waals surface area contributed by atoms with Gasteiger partial charge in [-0.1, -0.05) is 59.6 Å². The second-order valence-electron chi connectivity index (χ2n) is 7.04. The van der Waals surface area contributed by atoms with Crippen molar-refractivity contribution in [1.29, 1.82) is 0 Å². The Morgan fingerprint density at radius 1 is 0.929 bits per heavy atom. The van der Waals surface area contributed by atoms with E-state index in [1.807, 2.05) is 0 Å². The summed E-state index contributed by atoms with van der Waals surface area (Å²) in [6.07, 6.45) is 1.58. The second kappa shape index (κ2) is 3.32. The van der Waals surface area contributed by atoms with Gasteiger partial charge in [-0.15, -0.1) is 0 Å². The van der Waals surface area contributed by atoms with E-state index in [1.54, 1.807) is 6.42 Å². The van der Waals surface area contributed by atoms with Crippen LogP contribution in [0.1, 0.15) is 20.3 Å². The van der Waals surface area contributed by atoms with Crippen LogP contribution in [0, 0.1) is 0 Å². The van der Waals surface area contributed by atoms with Crippen molar-refractivity contribution in [3.8, 4) is 0 Å². The van der Waals surface area contributed by atoms with E-state index in [-0.39, 0.29) is 0 Å². The van der Waals surface area contributed by atoms with Gasteiger partial charge in [0, 0.05) is 17.6 Å². The molecule has 1 heterocycles. The normalized spacial score (nSPS) is 27.9. The third-order valence-electron chi connectivity index (χ3n) is 5.65. The predicted molar refractivity (Wildman–Crippen MR) is 76.6 cm³/mol. The Balaban J connectivity index is 3.08. The van der Waals surface area contributed by atoms with Crippen molar-refractivity contribution in [2.75, 3.05) is 0 Å². The molecule has 1 aliphatic heterocycles. The molecular formula is C11H28Si3. The standard InChI is InChI=1S/C11H28Si3/c1-10(2)9-11(12(3)4,13(5)6)14(10,7)8/h12-13H,9H2,1-8H3. The summed E-state index contributed by atoms with van der Waals surface area (Å²) in [4.78, 5) is 0. The SMILES string of the molecule is C[SiH](C)C1([SiH](C)C)CC(C)(C)[Si]1(C)C. The van der Waals surface area contributed by atoms with E-state index in [2.05, 4.69) is 53.1 Å². The van der Waals surface area contributed by atoms with E-state index in [0.29, 0.717) is 0 Å². The minimum absolute atomic E-state index is 0.455. The lowest BCUT2D eigenvalue weighted by atomic mass is 10.1. The Bertz CT molecular complexity index is 221. The van der Waals surface area contributed by atoms with E-state index in [1.165, 1.54) is 0 Å². The van der Waals surface area contributed by atoms with Crippen LogP contribution in [0.2, 0.25) is 48.6 Å². The summed E-state index contributed by atoms with van der Waals surface area (Å²) in [6, 6.07) is 0. The highest BCUT2D eigenvalue weighted by Crippen LogP contribution is 2.71. The zero-order valence-corrected chi connectivity index (χ0v) is 14.7. The van der Waals surface area contributed by atoms with Gasteiger partial charge in [0.2, 0.25) is 0 Å². The van der Waals surface area contributed by atoms with Crippen LogP contribution in [0.25, 0.3) is 0 Å². The van der Waals surface area contributed by atoms with Gasteiger partial charge in [0.1, 0.15) is 0 Å². The average molecular weight is 245 g/mol. The molecule has 0 saturated carbocycles. The molecule has 0 bridgehead atoms. The summed E-state index contributed by atoms with van der Waals surface area (Å²) < 4.78 is 0.969. The first-order valence-corrected chi connectivity index (χ1v) is 14.9. The molecule has 0 aromatic carbocycles. The highest BCUT2D eigenvalue weighted by Gasteiger charge is 2.67. The monoisotopic (exact) mass is 244 g/mol. The maximum atomic E-state index is 2.68. The Hall–Kier alpha value is 0.651. The highest BCUT2D eigenvalue weighted by atomic mass is 28.4. The summed E-state index contributed by atoms with van der Waals surface area (Å²) in [5.41, 5.74) is 0. The first kappa shape index (κ1) is 12.7. The second-order valence-corrected chi connectivity index (χ2v) is 21.1. The fourth-order valence-electron chi connectivity index (χ4n) is 4.21. The minimum atomic E-state index is -0.961. The van der Waals surface area contributed by atoms with Crippen LogP contribution in [0.3, 0.4) is 0 Å². The maximum Gasteiger partial charge on any atom is 0.0534 e. The third-order valence-corrected chi connectivity index (χ3v) is 28.0. The molecular weight excluding hydrogens is 216 g/mol. The predicted octanol–water partition coefficient (Wildman–Crippen LogP) is 3.67. The van der Waals surface area contributed by atoms with Crippen molar-refractivity contribution in [1.82, 2.24) is 0 Å². The van der Waals surface area contributed by atoms with Gasteiger partial charge in [-0.3, -0.25) is 0 Å². The van der Waals surface area contributed by atoms with Crippen molar-refractivity contribution >= 4 is 25.7 Å². The van der Waals surface area contributed by atoms with Crippen molar-refractivity contribution in [3.63, 3.8) is 0 Å². The van der Waals surface area contributed by atoms with E-state index >= 15 is 0 Å². The molecule has 0 radical (unpaired) electrons. The lowest BCUT2D eigenvalue weighted by Crippen LogP contribution is -2.70. The van der Waals surface area contributed by atoms with E-state index in [4.69, 9.17) is 0 Å². The smallest absolute Gasteiger partial charge is 0.0534 e.